The van der Waals surface area contributed by atoms with E-state index in [0.29, 0.717) is 18.1 Å². The summed E-state index contributed by atoms with van der Waals surface area (Å²) in [7, 11) is 0. The quantitative estimate of drug-likeness (QED) is 0.845. The fourth-order valence-electron chi connectivity index (χ4n) is 2.25. The number of halogens is 1. The SMILES string of the molecule is C[C@@H](N)C(=O)N1CCNCC1c1ccccc1Cl. The van der Waals surface area contributed by atoms with E-state index in [-0.39, 0.29) is 11.9 Å². The van der Waals surface area contributed by atoms with Crippen LogP contribution < -0.4 is 11.1 Å². The Morgan fingerprint density at radius 3 is 2.94 bits per heavy atom. The topological polar surface area (TPSA) is 58.4 Å². The minimum absolute atomic E-state index is 0.0265. The highest BCUT2D eigenvalue weighted by Crippen LogP contribution is 2.28. The van der Waals surface area contributed by atoms with Crippen molar-refractivity contribution in [1.82, 2.24) is 10.2 Å². The lowest BCUT2D eigenvalue weighted by atomic mass is 10.0. The first-order chi connectivity index (χ1) is 8.61. The van der Waals surface area contributed by atoms with Crippen LogP contribution in [-0.2, 0) is 4.79 Å². The molecule has 0 radical (unpaired) electrons. The number of rotatable bonds is 2. The van der Waals surface area contributed by atoms with Crippen LogP contribution in [0.1, 0.15) is 18.5 Å². The van der Waals surface area contributed by atoms with Crippen molar-refractivity contribution in [1.29, 1.82) is 0 Å². The highest BCUT2D eigenvalue weighted by atomic mass is 35.5. The molecule has 0 bridgehead atoms. The summed E-state index contributed by atoms with van der Waals surface area (Å²) in [5, 5.41) is 3.98. The van der Waals surface area contributed by atoms with Gasteiger partial charge < -0.3 is 16.0 Å². The predicted molar refractivity (Wildman–Crippen MR) is 72.4 cm³/mol. The van der Waals surface area contributed by atoms with Crippen molar-refractivity contribution in [3.8, 4) is 0 Å². The number of piperazine rings is 1. The van der Waals surface area contributed by atoms with Gasteiger partial charge in [-0.1, -0.05) is 29.8 Å². The van der Waals surface area contributed by atoms with E-state index in [0.717, 1.165) is 12.1 Å². The molecule has 1 fully saturated rings. The van der Waals surface area contributed by atoms with Crippen LogP contribution in [0.4, 0.5) is 0 Å². The lowest BCUT2D eigenvalue weighted by molar-refractivity contribution is -0.135. The fraction of sp³-hybridized carbons (Fsp3) is 0.462. The smallest absolute Gasteiger partial charge is 0.239 e. The van der Waals surface area contributed by atoms with E-state index in [9.17, 15) is 4.79 Å². The van der Waals surface area contributed by atoms with Crippen LogP contribution >= 0.6 is 11.6 Å². The fourth-order valence-corrected chi connectivity index (χ4v) is 2.51. The Balaban J connectivity index is 2.29. The summed E-state index contributed by atoms with van der Waals surface area (Å²) < 4.78 is 0. The van der Waals surface area contributed by atoms with Crippen molar-refractivity contribution in [3.63, 3.8) is 0 Å². The first-order valence-corrected chi connectivity index (χ1v) is 6.50. The van der Waals surface area contributed by atoms with Crippen LogP contribution in [0.5, 0.6) is 0 Å². The maximum atomic E-state index is 12.1. The standard InChI is InChI=1S/C13H18ClN3O/c1-9(15)13(18)17-7-6-16-8-12(17)10-4-2-3-5-11(10)14/h2-5,9,12,16H,6-8,15H2,1H3/t9-,12?/m1/s1. The van der Waals surface area contributed by atoms with Gasteiger partial charge >= 0.3 is 0 Å². The van der Waals surface area contributed by atoms with Gasteiger partial charge in [-0.25, -0.2) is 0 Å². The zero-order valence-corrected chi connectivity index (χ0v) is 11.2. The Morgan fingerprint density at radius 2 is 2.28 bits per heavy atom. The largest absolute Gasteiger partial charge is 0.332 e. The third-order valence-electron chi connectivity index (χ3n) is 3.18. The summed E-state index contributed by atoms with van der Waals surface area (Å²) in [6.45, 7) is 3.88. The van der Waals surface area contributed by atoms with Crippen LogP contribution in [0.25, 0.3) is 0 Å². The molecule has 3 N–H and O–H groups in total. The first kappa shape index (κ1) is 13.3. The lowest BCUT2D eigenvalue weighted by Crippen LogP contribution is -2.52. The number of carbonyl (C=O) groups excluding carboxylic acids is 1. The third kappa shape index (κ3) is 2.66. The van der Waals surface area contributed by atoms with E-state index in [2.05, 4.69) is 5.32 Å². The number of amides is 1. The van der Waals surface area contributed by atoms with Gasteiger partial charge in [-0.05, 0) is 18.6 Å². The average Bonchev–Trinajstić information content (AvgIpc) is 2.38. The highest BCUT2D eigenvalue weighted by molar-refractivity contribution is 6.31. The first-order valence-electron chi connectivity index (χ1n) is 6.12. The Morgan fingerprint density at radius 1 is 1.56 bits per heavy atom. The second-order valence-corrected chi connectivity index (χ2v) is 4.97. The van der Waals surface area contributed by atoms with E-state index in [1.54, 1.807) is 6.92 Å². The van der Waals surface area contributed by atoms with Crippen molar-refractivity contribution in [2.24, 2.45) is 5.73 Å². The van der Waals surface area contributed by atoms with Gasteiger partial charge in [0, 0.05) is 24.7 Å². The molecule has 0 aromatic heterocycles. The number of hydrogen-bond acceptors (Lipinski definition) is 3. The monoisotopic (exact) mass is 267 g/mol. The lowest BCUT2D eigenvalue weighted by Gasteiger charge is -2.37. The molecule has 1 saturated heterocycles. The van der Waals surface area contributed by atoms with E-state index < -0.39 is 6.04 Å². The second-order valence-electron chi connectivity index (χ2n) is 4.56. The average molecular weight is 268 g/mol. The third-order valence-corrected chi connectivity index (χ3v) is 3.52. The van der Waals surface area contributed by atoms with Crippen molar-refractivity contribution in [2.45, 2.75) is 19.0 Å². The molecule has 98 valence electrons. The number of nitrogens with two attached hydrogens (primary N) is 1. The molecule has 2 rings (SSSR count). The predicted octanol–water partition coefficient (Wildman–Crippen LogP) is 1.16. The van der Waals surface area contributed by atoms with Gasteiger partial charge in [-0.3, -0.25) is 4.79 Å². The minimum atomic E-state index is -0.479. The van der Waals surface area contributed by atoms with Gasteiger partial charge in [0.1, 0.15) is 0 Å². The number of nitrogens with one attached hydrogen (secondary N) is 1. The summed E-state index contributed by atoms with van der Waals surface area (Å²) in [4.78, 5) is 13.9. The molecule has 18 heavy (non-hydrogen) atoms. The number of nitrogens with zero attached hydrogens (tertiary/aromatic N) is 1. The van der Waals surface area contributed by atoms with Gasteiger partial charge in [0.05, 0.1) is 12.1 Å². The molecule has 1 unspecified atom stereocenters. The van der Waals surface area contributed by atoms with E-state index in [4.69, 9.17) is 17.3 Å². The number of hydrogen-bond donors (Lipinski definition) is 2. The van der Waals surface area contributed by atoms with Gasteiger partial charge in [0.15, 0.2) is 0 Å². The van der Waals surface area contributed by atoms with E-state index in [1.807, 2.05) is 29.2 Å². The van der Waals surface area contributed by atoms with E-state index in [1.165, 1.54) is 0 Å². The summed E-state index contributed by atoms with van der Waals surface area (Å²) in [5.74, 6) is -0.0265. The molecule has 1 aromatic rings. The zero-order chi connectivity index (χ0) is 13.1. The highest BCUT2D eigenvalue weighted by Gasteiger charge is 2.30. The second kappa shape index (κ2) is 5.69. The summed E-state index contributed by atoms with van der Waals surface area (Å²) >= 11 is 6.21. The molecule has 1 aliphatic heterocycles. The van der Waals surface area contributed by atoms with Crippen molar-refractivity contribution in [2.75, 3.05) is 19.6 Å². The van der Waals surface area contributed by atoms with Crippen molar-refractivity contribution < 1.29 is 4.79 Å². The van der Waals surface area contributed by atoms with E-state index >= 15 is 0 Å². The van der Waals surface area contributed by atoms with Crippen LogP contribution in [-0.4, -0.2) is 36.5 Å². The Labute approximate surface area is 112 Å². The molecule has 1 heterocycles. The van der Waals surface area contributed by atoms with Crippen molar-refractivity contribution in [3.05, 3.63) is 34.9 Å². The molecule has 0 saturated carbocycles. The van der Waals surface area contributed by atoms with Gasteiger partial charge in [-0.15, -0.1) is 0 Å². The molecule has 5 heteroatoms. The summed E-state index contributed by atoms with van der Waals surface area (Å²) in [5.41, 5.74) is 6.67. The maximum Gasteiger partial charge on any atom is 0.239 e. The molecular formula is C13H18ClN3O. The van der Waals surface area contributed by atoms with Crippen LogP contribution in [0.15, 0.2) is 24.3 Å². The molecular weight excluding hydrogens is 250 g/mol. The molecule has 1 amide bonds. The molecule has 0 aliphatic carbocycles. The zero-order valence-electron chi connectivity index (χ0n) is 10.4. The van der Waals surface area contributed by atoms with Crippen LogP contribution in [0.2, 0.25) is 5.02 Å². The number of benzene rings is 1. The maximum absolute atomic E-state index is 12.1. The Bertz CT molecular complexity index is 436. The normalized spacial score (nSPS) is 21.7. The van der Waals surface area contributed by atoms with Gasteiger partial charge in [0.2, 0.25) is 5.91 Å². The minimum Gasteiger partial charge on any atom is -0.332 e. The van der Waals surface area contributed by atoms with Crippen LogP contribution in [0, 0.1) is 0 Å². The molecule has 4 nitrogen and oxygen atoms in total. The van der Waals surface area contributed by atoms with Crippen LogP contribution in [0.3, 0.4) is 0 Å². The summed E-state index contributed by atoms with van der Waals surface area (Å²) in [6.07, 6.45) is 0. The molecule has 1 aliphatic rings. The molecule has 2 atom stereocenters. The molecule has 0 spiro atoms. The number of carbonyl (C=O) groups is 1. The van der Waals surface area contributed by atoms with Gasteiger partial charge in [0.25, 0.3) is 0 Å². The van der Waals surface area contributed by atoms with Gasteiger partial charge in [-0.2, -0.15) is 0 Å². The molecule has 1 aromatic carbocycles. The Kier molecular flexibility index (Phi) is 4.22. The summed E-state index contributed by atoms with van der Waals surface area (Å²) in [6, 6.07) is 7.12. The Hall–Kier alpha value is -1.10. The van der Waals surface area contributed by atoms with Crippen molar-refractivity contribution >= 4 is 17.5 Å².